The summed E-state index contributed by atoms with van der Waals surface area (Å²) in [5, 5.41) is 8.57. The maximum absolute atomic E-state index is 12.8. The van der Waals surface area contributed by atoms with Crippen LogP contribution in [0.2, 0.25) is 0 Å². The highest BCUT2D eigenvalue weighted by atomic mass is 32.2. The molecule has 246 valence electrons. The van der Waals surface area contributed by atoms with Gasteiger partial charge in [0.25, 0.3) is 0 Å². The van der Waals surface area contributed by atoms with Gasteiger partial charge in [-0.25, -0.2) is 9.67 Å². The summed E-state index contributed by atoms with van der Waals surface area (Å²) in [6.45, 7) is 4.77. The number of aryl methyl sites for hydroxylation is 1. The fraction of sp³-hybridized carbons (Fsp3) is 0.303. The van der Waals surface area contributed by atoms with Crippen LogP contribution in [-0.4, -0.2) is 56.7 Å². The van der Waals surface area contributed by atoms with E-state index in [9.17, 15) is 18.0 Å². The Morgan fingerprint density at radius 2 is 1.85 bits per heavy atom. The zero-order valence-electron chi connectivity index (χ0n) is 26.0. The number of rotatable bonds is 11. The molecule has 2 heterocycles. The number of unbranched alkanes of at least 4 members (excludes halogenated alkanes) is 1. The number of alkyl halides is 3. The van der Waals surface area contributed by atoms with Gasteiger partial charge in [-0.05, 0) is 97.1 Å². The van der Waals surface area contributed by atoms with Gasteiger partial charge in [0.05, 0.1) is 24.2 Å². The molecule has 0 bridgehead atoms. The van der Waals surface area contributed by atoms with Gasteiger partial charge in [-0.15, -0.1) is 18.3 Å². The number of benzene rings is 3. The van der Waals surface area contributed by atoms with Crippen molar-refractivity contribution in [2.24, 2.45) is 4.99 Å². The number of carbonyl (C=O) groups is 1. The summed E-state index contributed by atoms with van der Waals surface area (Å²) in [6, 6.07) is 19.0. The van der Waals surface area contributed by atoms with E-state index in [1.54, 1.807) is 12.0 Å². The Balaban J connectivity index is 1.13. The molecule has 1 aliphatic rings. The summed E-state index contributed by atoms with van der Waals surface area (Å²) in [6.07, 6.45) is -0.666. The molecule has 1 aromatic heterocycles. The third-order valence-electron chi connectivity index (χ3n) is 7.24. The number of hydrogen-bond acceptors (Lipinski definition) is 7. The van der Waals surface area contributed by atoms with Crippen LogP contribution in [0.4, 0.5) is 18.9 Å². The van der Waals surface area contributed by atoms with Crippen LogP contribution in [0, 0.1) is 0 Å². The number of nitrogens with one attached hydrogen (secondary N) is 1. The molecule has 9 nitrogen and oxygen atoms in total. The van der Waals surface area contributed by atoms with Crippen molar-refractivity contribution in [2.45, 2.75) is 45.4 Å². The van der Waals surface area contributed by atoms with Crippen molar-refractivity contribution >= 4 is 45.9 Å². The largest absolute Gasteiger partial charge is 0.573 e. The molecule has 5 rings (SSSR count). The summed E-state index contributed by atoms with van der Waals surface area (Å²) in [4.78, 5) is 23.4. The Hall–Kier alpha value is -4.43. The average molecular weight is 683 g/mol. The number of aliphatic imine (C=N–C) groups is 1. The number of thioether (sulfide) groups is 1. The van der Waals surface area contributed by atoms with Crippen molar-refractivity contribution in [3.05, 3.63) is 84.2 Å². The molecule has 0 atom stereocenters. The molecule has 3 aromatic carbocycles. The predicted octanol–water partition coefficient (Wildman–Crippen LogP) is 7.30. The van der Waals surface area contributed by atoms with E-state index in [0.717, 1.165) is 47.4 Å². The highest BCUT2D eigenvalue weighted by Gasteiger charge is 2.32. The van der Waals surface area contributed by atoms with Crippen LogP contribution in [0.25, 0.3) is 17.1 Å². The third kappa shape index (κ3) is 8.89. The fourth-order valence-corrected chi connectivity index (χ4v) is 6.08. The quantitative estimate of drug-likeness (QED) is 0.130. The summed E-state index contributed by atoms with van der Waals surface area (Å²) in [5.41, 5.74) is 4.28. The average Bonchev–Trinajstić information content (AvgIpc) is 3.67. The van der Waals surface area contributed by atoms with Crippen LogP contribution in [-0.2, 0) is 11.2 Å². The summed E-state index contributed by atoms with van der Waals surface area (Å²) in [7, 11) is 1.62. The van der Waals surface area contributed by atoms with Gasteiger partial charge in [0.15, 0.2) is 16.1 Å². The molecule has 0 spiro atoms. The van der Waals surface area contributed by atoms with Gasteiger partial charge >= 0.3 is 6.36 Å². The van der Waals surface area contributed by atoms with Crippen LogP contribution in [0.1, 0.15) is 43.7 Å². The molecule has 1 fully saturated rings. The highest BCUT2D eigenvalue weighted by molar-refractivity contribution is 8.15. The second kappa shape index (κ2) is 15.0. The minimum absolute atomic E-state index is 0.0403. The molecule has 0 aliphatic carbocycles. The van der Waals surface area contributed by atoms with E-state index in [4.69, 9.17) is 17.0 Å². The molecule has 47 heavy (non-hydrogen) atoms. The zero-order valence-corrected chi connectivity index (χ0v) is 27.6. The number of thiocarbonyl (C=S) groups is 1. The second-order valence-corrected chi connectivity index (χ2v) is 12.3. The van der Waals surface area contributed by atoms with Crippen LogP contribution >= 0.6 is 24.0 Å². The molecule has 1 N–H and O–H groups in total. The topological polar surface area (TPSA) is 93.9 Å². The first-order valence-corrected chi connectivity index (χ1v) is 16.3. The first kappa shape index (κ1) is 33.9. The van der Waals surface area contributed by atoms with Gasteiger partial charge in [0.2, 0.25) is 5.91 Å². The molecular weight excluding hydrogens is 650 g/mol. The van der Waals surface area contributed by atoms with Gasteiger partial charge in [-0.2, -0.15) is 4.99 Å². The van der Waals surface area contributed by atoms with E-state index < -0.39 is 6.36 Å². The maximum atomic E-state index is 12.8. The van der Waals surface area contributed by atoms with Crippen LogP contribution in [0.5, 0.6) is 11.5 Å². The van der Waals surface area contributed by atoms with Gasteiger partial charge < -0.3 is 14.8 Å². The van der Waals surface area contributed by atoms with Crippen molar-refractivity contribution in [1.82, 2.24) is 20.1 Å². The Morgan fingerprint density at radius 1 is 1.09 bits per heavy atom. The molecule has 1 saturated heterocycles. The number of hydrogen-bond donors (Lipinski definition) is 1. The Kier molecular flexibility index (Phi) is 10.8. The van der Waals surface area contributed by atoms with E-state index in [1.165, 1.54) is 47.0 Å². The molecule has 14 heteroatoms. The normalized spacial score (nSPS) is 14.2. The highest BCUT2D eigenvalue weighted by Crippen LogP contribution is 2.35. The number of amidine groups is 1. The van der Waals surface area contributed by atoms with E-state index in [-0.39, 0.29) is 17.6 Å². The van der Waals surface area contributed by atoms with E-state index >= 15 is 0 Å². The standard InChI is InChI=1S/C33H33F3N6O3S2/c1-21(2)27-18-26(44-3)14-15-28(27)42-29(43)19-47-32(42)39-31(46)37-16-5-4-7-22-8-6-9-23(17-22)30-38-20-41(40-30)24-10-12-25(13-11-24)45-33(34,35)36/h6,8-15,17-18,20-21H,4-5,7,16,19H2,1-3H3,(H,37,46)/b39-32-. The first-order valence-electron chi connectivity index (χ1n) is 14.9. The number of aromatic nitrogens is 3. The molecule has 0 unspecified atom stereocenters. The molecule has 0 saturated carbocycles. The van der Waals surface area contributed by atoms with Crippen molar-refractivity contribution in [3.63, 3.8) is 0 Å². The lowest BCUT2D eigenvalue weighted by Gasteiger charge is -2.22. The number of methoxy groups -OCH3 is 1. The predicted molar refractivity (Wildman–Crippen MR) is 181 cm³/mol. The van der Waals surface area contributed by atoms with Gasteiger partial charge in [-0.1, -0.05) is 43.8 Å². The van der Waals surface area contributed by atoms with E-state index in [0.29, 0.717) is 34.1 Å². The lowest BCUT2D eigenvalue weighted by atomic mass is 10.00. The minimum Gasteiger partial charge on any atom is -0.497 e. The van der Waals surface area contributed by atoms with Crippen molar-refractivity contribution in [1.29, 1.82) is 0 Å². The van der Waals surface area contributed by atoms with Gasteiger partial charge in [0, 0.05) is 12.1 Å². The van der Waals surface area contributed by atoms with Crippen LogP contribution in [0.3, 0.4) is 0 Å². The first-order chi connectivity index (χ1) is 22.5. The SMILES string of the molecule is COc1ccc(N2C(=O)CS/C2=N\C(=S)NCCCCc2cccc(-c3ncn(-c4ccc(OC(F)(F)F)cc4)n3)c2)c(C(C)C)c1. The van der Waals surface area contributed by atoms with Crippen LogP contribution in [0.15, 0.2) is 78.0 Å². The fourth-order valence-electron chi connectivity index (χ4n) is 4.97. The number of nitrogens with zero attached hydrogens (tertiary/aromatic N) is 5. The number of halogens is 3. The lowest BCUT2D eigenvalue weighted by molar-refractivity contribution is -0.274. The molecule has 1 aliphatic heterocycles. The van der Waals surface area contributed by atoms with E-state index in [2.05, 4.69) is 39.0 Å². The maximum Gasteiger partial charge on any atom is 0.573 e. The van der Waals surface area contributed by atoms with Crippen molar-refractivity contribution in [2.75, 3.05) is 24.3 Å². The second-order valence-electron chi connectivity index (χ2n) is 10.9. The molecule has 0 radical (unpaired) electrons. The Bertz CT molecular complexity index is 1760. The monoisotopic (exact) mass is 682 g/mol. The number of carbonyl (C=O) groups excluding carboxylic acids is 1. The van der Waals surface area contributed by atoms with Gasteiger partial charge in [0.1, 0.15) is 17.8 Å². The summed E-state index contributed by atoms with van der Waals surface area (Å²) >= 11 is 6.87. The van der Waals surface area contributed by atoms with Crippen LogP contribution < -0.4 is 19.7 Å². The van der Waals surface area contributed by atoms with Crippen molar-refractivity contribution < 1.29 is 27.4 Å². The molecule has 1 amide bonds. The van der Waals surface area contributed by atoms with Crippen molar-refractivity contribution in [3.8, 4) is 28.6 Å². The Morgan fingerprint density at radius 3 is 2.57 bits per heavy atom. The number of ether oxygens (including phenoxy) is 2. The van der Waals surface area contributed by atoms with Gasteiger partial charge in [-0.3, -0.25) is 9.69 Å². The molecule has 4 aromatic rings. The molecular formula is C33H33F3N6O3S2. The summed E-state index contributed by atoms with van der Waals surface area (Å²) < 4.78 is 48.1. The van der Waals surface area contributed by atoms with E-state index in [1.807, 2.05) is 42.5 Å². The minimum atomic E-state index is -4.75. The summed E-state index contributed by atoms with van der Waals surface area (Å²) in [5.74, 6) is 1.36. The lowest BCUT2D eigenvalue weighted by Crippen LogP contribution is -2.32. The number of anilines is 1. The zero-order chi connectivity index (χ0) is 33.6. The number of amides is 1. The smallest absolute Gasteiger partial charge is 0.497 e. The Labute approximate surface area is 280 Å². The third-order valence-corrected chi connectivity index (χ3v) is 8.40.